The average Bonchev–Trinajstić information content (AvgIpc) is 2.38. The molecule has 0 saturated carbocycles. The molecule has 2 nitrogen and oxygen atoms in total. The first-order valence-electron chi connectivity index (χ1n) is 6.37. The Morgan fingerprint density at radius 1 is 1.26 bits per heavy atom. The smallest absolute Gasteiger partial charge is 0.255 e. The number of rotatable bonds is 6. The summed E-state index contributed by atoms with van der Waals surface area (Å²) in [4.78, 5) is 14.6. The highest BCUT2D eigenvalue weighted by molar-refractivity contribution is 9.11. The predicted molar refractivity (Wildman–Crippen MR) is 91.0 cm³/mol. The van der Waals surface area contributed by atoms with E-state index in [0.717, 1.165) is 39.2 Å². The minimum atomic E-state index is 0.0903. The van der Waals surface area contributed by atoms with Crippen LogP contribution in [0.15, 0.2) is 27.1 Å². The maximum absolute atomic E-state index is 12.7. The Balaban J connectivity index is 3.04. The second-order valence-electron chi connectivity index (χ2n) is 4.28. The molecule has 5 heteroatoms. The van der Waals surface area contributed by atoms with Gasteiger partial charge in [-0.2, -0.15) is 0 Å². The van der Waals surface area contributed by atoms with Crippen LogP contribution < -0.4 is 0 Å². The van der Waals surface area contributed by atoms with Crippen LogP contribution in [0.2, 0.25) is 0 Å². The van der Waals surface area contributed by atoms with Crippen molar-refractivity contribution in [2.75, 3.05) is 11.9 Å². The second kappa shape index (κ2) is 8.42. The van der Waals surface area contributed by atoms with Gasteiger partial charge in [0.2, 0.25) is 0 Å². The quantitative estimate of drug-likeness (QED) is 0.537. The third-order valence-electron chi connectivity index (χ3n) is 3.13. The topological polar surface area (TPSA) is 20.3 Å². The zero-order valence-electron chi connectivity index (χ0n) is 11.1. The predicted octanol–water partition coefficient (Wildman–Crippen LogP) is 5.24. The first-order valence-corrected chi connectivity index (χ1v) is 9.07. The van der Waals surface area contributed by atoms with Gasteiger partial charge in [0.1, 0.15) is 0 Å². The molecule has 0 heterocycles. The normalized spacial score (nSPS) is 10.8. The van der Waals surface area contributed by atoms with Gasteiger partial charge in [-0.15, -0.1) is 0 Å². The van der Waals surface area contributed by atoms with Crippen molar-refractivity contribution in [1.82, 2.24) is 4.90 Å². The van der Waals surface area contributed by atoms with Gasteiger partial charge in [-0.05, 0) is 47.0 Å². The molecule has 0 aliphatic heterocycles. The molecule has 1 aromatic rings. The van der Waals surface area contributed by atoms with E-state index in [9.17, 15) is 4.79 Å². The first kappa shape index (κ1) is 17.2. The van der Waals surface area contributed by atoms with Gasteiger partial charge in [-0.1, -0.05) is 45.7 Å². The van der Waals surface area contributed by atoms with Gasteiger partial charge in [-0.25, -0.2) is 0 Å². The van der Waals surface area contributed by atoms with Crippen molar-refractivity contribution in [3.63, 3.8) is 0 Å². The number of hydrogen-bond acceptors (Lipinski definition) is 1. The van der Waals surface area contributed by atoms with Gasteiger partial charge < -0.3 is 4.90 Å². The maximum Gasteiger partial charge on any atom is 0.255 e. The zero-order chi connectivity index (χ0) is 14.4. The monoisotopic (exact) mass is 453 g/mol. The van der Waals surface area contributed by atoms with Gasteiger partial charge in [0.25, 0.3) is 5.91 Å². The molecule has 0 saturated heterocycles. The molecule has 0 aromatic heterocycles. The highest BCUT2D eigenvalue weighted by Gasteiger charge is 2.23. The second-order valence-corrected chi connectivity index (χ2v) is 6.85. The summed E-state index contributed by atoms with van der Waals surface area (Å²) in [6.45, 7) is 4.98. The van der Waals surface area contributed by atoms with Crippen molar-refractivity contribution < 1.29 is 4.79 Å². The number of benzene rings is 1. The lowest BCUT2D eigenvalue weighted by Gasteiger charge is -2.30. The molecule has 1 aromatic carbocycles. The minimum absolute atomic E-state index is 0.0903. The Morgan fingerprint density at radius 3 is 2.37 bits per heavy atom. The molecule has 106 valence electrons. The summed E-state index contributed by atoms with van der Waals surface area (Å²) in [5, 5.41) is 0.795. The maximum atomic E-state index is 12.7. The van der Waals surface area contributed by atoms with E-state index in [1.54, 1.807) is 0 Å². The van der Waals surface area contributed by atoms with Gasteiger partial charge in [0, 0.05) is 26.9 Å². The summed E-state index contributed by atoms with van der Waals surface area (Å²) < 4.78 is 1.79. The van der Waals surface area contributed by atoms with Crippen molar-refractivity contribution >= 4 is 53.7 Å². The van der Waals surface area contributed by atoms with E-state index in [2.05, 4.69) is 61.6 Å². The fourth-order valence-corrected chi connectivity index (χ4v) is 3.69. The Bertz CT molecular complexity index is 433. The molecule has 0 aliphatic rings. The summed E-state index contributed by atoms with van der Waals surface area (Å²) in [7, 11) is 0. The molecule has 0 spiro atoms. The number of alkyl halides is 1. The number of carbonyl (C=O) groups is 1. The van der Waals surface area contributed by atoms with Crippen LogP contribution in [0.3, 0.4) is 0 Å². The molecule has 0 atom stereocenters. The summed E-state index contributed by atoms with van der Waals surface area (Å²) in [6.07, 6.45) is 1.95. The summed E-state index contributed by atoms with van der Waals surface area (Å²) in [6, 6.07) is 5.96. The Morgan fingerprint density at radius 2 is 1.89 bits per heavy atom. The Hall–Kier alpha value is 0.130. The lowest BCUT2D eigenvalue weighted by molar-refractivity contribution is 0.0682. The van der Waals surface area contributed by atoms with Crippen molar-refractivity contribution in [3.8, 4) is 0 Å². The molecular formula is C14H18Br3NO. The van der Waals surface area contributed by atoms with Crippen LogP contribution in [-0.2, 0) is 0 Å². The SMILES string of the molecule is CCC(CC)N(CCBr)C(=O)c1ccc(Br)cc1Br. The molecule has 1 amide bonds. The van der Waals surface area contributed by atoms with Crippen molar-refractivity contribution in [1.29, 1.82) is 0 Å². The molecule has 0 bridgehead atoms. The number of hydrogen-bond donors (Lipinski definition) is 0. The lowest BCUT2D eigenvalue weighted by atomic mass is 10.1. The largest absolute Gasteiger partial charge is 0.335 e. The molecule has 0 aliphatic carbocycles. The van der Waals surface area contributed by atoms with Gasteiger partial charge in [0.15, 0.2) is 0 Å². The van der Waals surface area contributed by atoms with Crippen molar-refractivity contribution in [2.24, 2.45) is 0 Å². The fourth-order valence-electron chi connectivity index (χ4n) is 2.09. The van der Waals surface area contributed by atoms with Crippen LogP contribution in [0.25, 0.3) is 0 Å². The molecule has 0 fully saturated rings. The third-order valence-corrected chi connectivity index (χ3v) is 4.64. The highest BCUT2D eigenvalue weighted by Crippen LogP contribution is 2.24. The van der Waals surface area contributed by atoms with Crippen LogP contribution in [0.1, 0.15) is 37.0 Å². The number of nitrogens with zero attached hydrogens (tertiary/aromatic N) is 1. The lowest BCUT2D eigenvalue weighted by Crippen LogP contribution is -2.41. The number of halogens is 3. The highest BCUT2D eigenvalue weighted by atomic mass is 79.9. The van der Waals surface area contributed by atoms with Gasteiger partial charge in [-0.3, -0.25) is 4.79 Å². The standard InChI is InChI=1S/C14H18Br3NO/c1-3-11(4-2)18(8-7-15)14(19)12-6-5-10(16)9-13(12)17/h5-6,9,11H,3-4,7-8H2,1-2H3. The van der Waals surface area contributed by atoms with Crippen LogP contribution in [0, 0.1) is 0 Å². The average molecular weight is 456 g/mol. The van der Waals surface area contributed by atoms with E-state index in [0.29, 0.717) is 6.04 Å². The van der Waals surface area contributed by atoms with E-state index in [1.807, 2.05) is 23.1 Å². The van der Waals surface area contributed by atoms with Crippen LogP contribution in [0.4, 0.5) is 0 Å². The van der Waals surface area contributed by atoms with Gasteiger partial charge in [0.05, 0.1) is 5.56 Å². The number of carbonyl (C=O) groups excluding carboxylic acids is 1. The summed E-state index contributed by atoms with van der Waals surface area (Å²) >= 11 is 10.3. The Labute approximate surface area is 140 Å². The summed E-state index contributed by atoms with van der Waals surface area (Å²) in [5.74, 6) is 0.0903. The van der Waals surface area contributed by atoms with Gasteiger partial charge >= 0.3 is 0 Å². The van der Waals surface area contributed by atoms with E-state index in [-0.39, 0.29) is 5.91 Å². The van der Waals surface area contributed by atoms with Crippen molar-refractivity contribution in [2.45, 2.75) is 32.7 Å². The molecule has 1 rings (SSSR count). The van der Waals surface area contributed by atoms with E-state index < -0.39 is 0 Å². The molecule has 0 radical (unpaired) electrons. The van der Waals surface area contributed by atoms with Crippen LogP contribution in [0.5, 0.6) is 0 Å². The van der Waals surface area contributed by atoms with Crippen LogP contribution >= 0.6 is 47.8 Å². The molecule has 0 unspecified atom stereocenters. The first-order chi connectivity index (χ1) is 9.04. The Kier molecular flexibility index (Phi) is 7.62. The number of amides is 1. The minimum Gasteiger partial charge on any atom is -0.335 e. The van der Waals surface area contributed by atoms with Crippen LogP contribution in [-0.4, -0.2) is 28.7 Å². The molecule has 0 N–H and O–H groups in total. The van der Waals surface area contributed by atoms with E-state index in [1.165, 1.54) is 0 Å². The van der Waals surface area contributed by atoms with E-state index >= 15 is 0 Å². The third kappa shape index (κ3) is 4.57. The molecule has 19 heavy (non-hydrogen) atoms. The van der Waals surface area contributed by atoms with Crippen molar-refractivity contribution in [3.05, 3.63) is 32.7 Å². The zero-order valence-corrected chi connectivity index (χ0v) is 15.9. The van der Waals surface area contributed by atoms with E-state index in [4.69, 9.17) is 0 Å². The fraction of sp³-hybridized carbons (Fsp3) is 0.500. The summed E-state index contributed by atoms with van der Waals surface area (Å²) in [5.41, 5.74) is 0.719. The molecular weight excluding hydrogens is 438 g/mol.